The number of hydrogen-bond acceptors (Lipinski definition) is 3. The molecule has 5 nitrogen and oxygen atoms in total. The highest BCUT2D eigenvalue weighted by Crippen LogP contribution is 2.29. The molecule has 0 aliphatic carbocycles. The van der Waals surface area contributed by atoms with E-state index in [1.807, 2.05) is 0 Å². The normalized spacial score (nSPS) is 11.3. The van der Waals surface area contributed by atoms with Crippen LogP contribution in [0.5, 0.6) is 0 Å². The van der Waals surface area contributed by atoms with Crippen molar-refractivity contribution in [1.82, 2.24) is 10.2 Å². The number of hydrogen-bond donors (Lipinski definition) is 2. The molecule has 112 valence electrons. The molecule has 0 bridgehead atoms. The third-order valence-corrected chi connectivity index (χ3v) is 4.44. The molecular formula is C15H12FN3O2S. The molecule has 1 heterocycles. The van der Waals surface area contributed by atoms with Crippen LogP contribution in [0.4, 0.5) is 10.2 Å². The molecule has 2 N–H and O–H groups in total. The van der Waals surface area contributed by atoms with Crippen molar-refractivity contribution < 1.29 is 12.8 Å². The van der Waals surface area contributed by atoms with Gasteiger partial charge in [-0.3, -0.25) is 9.82 Å². The van der Waals surface area contributed by atoms with E-state index < -0.39 is 15.8 Å². The summed E-state index contributed by atoms with van der Waals surface area (Å²) < 4.78 is 40.9. The maximum absolute atomic E-state index is 13.9. The summed E-state index contributed by atoms with van der Waals surface area (Å²) in [5, 5.41) is 6.42. The van der Waals surface area contributed by atoms with Crippen molar-refractivity contribution in [3.05, 3.63) is 66.6 Å². The predicted molar refractivity (Wildman–Crippen MR) is 81.2 cm³/mol. The van der Waals surface area contributed by atoms with Crippen molar-refractivity contribution in [2.75, 3.05) is 4.72 Å². The van der Waals surface area contributed by atoms with E-state index in [-0.39, 0.29) is 16.3 Å². The minimum absolute atomic E-state index is 0.0500. The molecule has 3 aromatic rings. The van der Waals surface area contributed by atoms with Gasteiger partial charge >= 0.3 is 0 Å². The fraction of sp³-hybridized carbons (Fsp3) is 0. The van der Waals surface area contributed by atoms with Crippen molar-refractivity contribution in [3.8, 4) is 11.1 Å². The highest BCUT2D eigenvalue weighted by molar-refractivity contribution is 7.92. The number of H-pyrrole nitrogens is 1. The first-order chi connectivity index (χ1) is 10.6. The molecule has 7 heteroatoms. The number of aromatic nitrogens is 2. The summed E-state index contributed by atoms with van der Waals surface area (Å²) in [4.78, 5) is 0.109. The summed E-state index contributed by atoms with van der Waals surface area (Å²) in [7, 11) is -3.78. The van der Waals surface area contributed by atoms with Gasteiger partial charge in [0.05, 0.1) is 4.90 Å². The zero-order chi connectivity index (χ0) is 15.6. The van der Waals surface area contributed by atoms with Gasteiger partial charge in [-0.15, -0.1) is 0 Å². The van der Waals surface area contributed by atoms with Gasteiger partial charge in [-0.1, -0.05) is 36.4 Å². The van der Waals surface area contributed by atoms with Gasteiger partial charge in [0, 0.05) is 17.3 Å². The largest absolute Gasteiger partial charge is 0.283 e. The second-order valence-corrected chi connectivity index (χ2v) is 6.23. The molecule has 0 radical (unpaired) electrons. The van der Waals surface area contributed by atoms with Crippen LogP contribution in [0.15, 0.2) is 65.7 Å². The van der Waals surface area contributed by atoms with Crippen LogP contribution in [0.1, 0.15) is 0 Å². The van der Waals surface area contributed by atoms with Crippen LogP contribution in [0.3, 0.4) is 0 Å². The van der Waals surface area contributed by atoms with Crippen LogP contribution in [0.25, 0.3) is 11.1 Å². The molecule has 0 aliphatic heterocycles. The molecule has 2 aromatic carbocycles. The van der Waals surface area contributed by atoms with Crippen molar-refractivity contribution in [2.45, 2.75) is 4.90 Å². The molecule has 1 aromatic heterocycles. The Balaban J connectivity index is 1.99. The number of sulfonamides is 1. The lowest BCUT2D eigenvalue weighted by Crippen LogP contribution is -2.13. The summed E-state index contributed by atoms with van der Waals surface area (Å²) in [5.41, 5.74) is 0.611. The molecular weight excluding hydrogens is 305 g/mol. The van der Waals surface area contributed by atoms with Crippen molar-refractivity contribution >= 4 is 15.8 Å². The molecule has 0 aliphatic rings. The average Bonchev–Trinajstić information content (AvgIpc) is 2.96. The highest BCUT2D eigenvalue weighted by Gasteiger charge is 2.19. The number of rotatable bonds is 4. The highest BCUT2D eigenvalue weighted by atomic mass is 32.2. The number of nitrogens with zero attached hydrogens (tertiary/aromatic N) is 1. The third-order valence-electron chi connectivity index (χ3n) is 3.09. The molecule has 0 fully saturated rings. The van der Waals surface area contributed by atoms with E-state index in [1.54, 1.807) is 36.4 Å². The monoisotopic (exact) mass is 317 g/mol. The van der Waals surface area contributed by atoms with Gasteiger partial charge in [-0.2, -0.15) is 5.10 Å². The number of halogens is 1. The fourth-order valence-electron chi connectivity index (χ4n) is 2.04. The standard InChI is InChI=1S/C15H12FN3O2S/c16-14-9-5-4-8-12(14)13-10-17-18-15(13)19-22(20,21)11-6-2-1-3-7-11/h1-10H,(H2,17,18,19). The van der Waals surface area contributed by atoms with E-state index in [4.69, 9.17) is 0 Å². The van der Waals surface area contributed by atoms with Gasteiger partial charge in [0.1, 0.15) is 5.82 Å². The van der Waals surface area contributed by atoms with E-state index in [2.05, 4.69) is 14.9 Å². The second kappa shape index (κ2) is 5.61. The number of nitrogens with one attached hydrogen (secondary N) is 2. The predicted octanol–water partition coefficient (Wildman–Crippen LogP) is 3.02. The summed E-state index contributed by atoms with van der Waals surface area (Å²) in [6.07, 6.45) is 1.45. The first-order valence-electron chi connectivity index (χ1n) is 6.44. The fourth-order valence-corrected chi connectivity index (χ4v) is 3.08. The van der Waals surface area contributed by atoms with Crippen LogP contribution in [0, 0.1) is 5.82 Å². The van der Waals surface area contributed by atoms with E-state index in [1.165, 1.54) is 24.4 Å². The summed E-state index contributed by atoms with van der Waals surface area (Å²) in [6.45, 7) is 0. The zero-order valence-electron chi connectivity index (χ0n) is 11.3. The van der Waals surface area contributed by atoms with Crippen LogP contribution in [-0.4, -0.2) is 18.6 Å². The van der Waals surface area contributed by atoms with E-state index in [9.17, 15) is 12.8 Å². The van der Waals surface area contributed by atoms with Gasteiger partial charge < -0.3 is 0 Å². The first kappa shape index (κ1) is 14.3. The minimum Gasteiger partial charge on any atom is -0.283 e. The lowest BCUT2D eigenvalue weighted by molar-refractivity contribution is 0.601. The van der Waals surface area contributed by atoms with Gasteiger partial charge in [0.25, 0.3) is 10.0 Å². The van der Waals surface area contributed by atoms with Gasteiger partial charge in [0.15, 0.2) is 5.82 Å². The summed E-state index contributed by atoms with van der Waals surface area (Å²) in [6, 6.07) is 14.0. The van der Waals surface area contributed by atoms with Crippen molar-refractivity contribution in [2.24, 2.45) is 0 Å². The molecule has 3 rings (SSSR count). The Labute approximate surface area is 126 Å². The Morgan fingerprint density at radius 1 is 0.955 bits per heavy atom. The molecule has 22 heavy (non-hydrogen) atoms. The van der Waals surface area contributed by atoms with Gasteiger partial charge in [-0.05, 0) is 18.2 Å². The maximum atomic E-state index is 13.9. The average molecular weight is 317 g/mol. The third kappa shape index (κ3) is 2.71. The zero-order valence-corrected chi connectivity index (χ0v) is 12.1. The lowest BCUT2D eigenvalue weighted by atomic mass is 10.1. The molecule has 0 saturated heterocycles. The summed E-state index contributed by atoms with van der Waals surface area (Å²) in [5.74, 6) is -0.405. The SMILES string of the molecule is O=S(=O)(Nc1n[nH]cc1-c1ccccc1F)c1ccccc1. The Kier molecular flexibility index (Phi) is 3.64. The smallest absolute Gasteiger partial charge is 0.263 e. The van der Waals surface area contributed by atoms with Crippen molar-refractivity contribution in [3.63, 3.8) is 0 Å². The quantitative estimate of drug-likeness (QED) is 0.776. The Hall–Kier alpha value is -2.67. The van der Waals surface area contributed by atoms with E-state index >= 15 is 0 Å². The van der Waals surface area contributed by atoms with Crippen LogP contribution in [0.2, 0.25) is 0 Å². The van der Waals surface area contributed by atoms with E-state index in [0.717, 1.165) is 0 Å². The number of anilines is 1. The number of aromatic amines is 1. The molecule has 0 amide bonds. The van der Waals surface area contributed by atoms with Crippen LogP contribution < -0.4 is 4.72 Å². The van der Waals surface area contributed by atoms with E-state index in [0.29, 0.717) is 5.56 Å². The Morgan fingerprint density at radius 3 is 2.36 bits per heavy atom. The number of benzene rings is 2. The first-order valence-corrected chi connectivity index (χ1v) is 7.93. The van der Waals surface area contributed by atoms with Crippen LogP contribution in [-0.2, 0) is 10.0 Å². The van der Waals surface area contributed by atoms with Gasteiger partial charge in [0.2, 0.25) is 0 Å². The molecule has 0 atom stereocenters. The second-order valence-electron chi connectivity index (χ2n) is 4.55. The van der Waals surface area contributed by atoms with Crippen LogP contribution >= 0.6 is 0 Å². The molecule has 0 unspecified atom stereocenters. The maximum Gasteiger partial charge on any atom is 0.263 e. The Bertz CT molecular complexity index is 892. The topological polar surface area (TPSA) is 74.8 Å². The van der Waals surface area contributed by atoms with Crippen molar-refractivity contribution in [1.29, 1.82) is 0 Å². The minimum atomic E-state index is -3.78. The van der Waals surface area contributed by atoms with Gasteiger partial charge in [-0.25, -0.2) is 12.8 Å². The Morgan fingerprint density at radius 2 is 1.64 bits per heavy atom. The molecule has 0 saturated carbocycles. The molecule has 0 spiro atoms. The summed E-state index contributed by atoms with van der Waals surface area (Å²) >= 11 is 0. The lowest BCUT2D eigenvalue weighted by Gasteiger charge is -2.08.